The van der Waals surface area contributed by atoms with Crippen molar-refractivity contribution in [2.75, 3.05) is 11.3 Å². The van der Waals surface area contributed by atoms with Crippen LogP contribution in [0.5, 0.6) is 0 Å². The van der Waals surface area contributed by atoms with E-state index in [0.717, 1.165) is 6.33 Å². The van der Waals surface area contributed by atoms with Gasteiger partial charge in [-0.25, -0.2) is 9.97 Å². The number of hydrogen-bond acceptors (Lipinski definition) is 4. The van der Waals surface area contributed by atoms with E-state index in [2.05, 4.69) is 19.4 Å². The molecule has 0 bridgehead atoms. The Morgan fingerprint density at radius 2 is 2.06 bits per heavy atom. The number of hydrogen-bond donors (Lipinski definition) is 2. The Hall–Kier alpha value is -0.630. The number of nitrogens with zero attached hydrogens (tertiary/aromatic N) is 2. The van der Waals surface area contributed by atoms with E-state index in [0.29, 0.717) is 13.0 Å². The third-order valence-electron chi connectivity index (χ3n) is 1.52. The third kappa shape index (κ3) is 3.75. The summed E-state index contributed by atoms with van der Waals surface area (Å²) < 4.78 is 27.3. The second-order valence-electron chi connectivity index (χ2n) is 2.83. The summed E-state index contributed by atoms with van der Waals surface area (Å²) >= 11 is 11.3. The molecule has 0 amide bonds. The van der Waals surface area contributed by atoms with E-state index in [1.54, 1.807) is 0 Å². The molecule has 0 aromatic carbocycles. The minimum atomic E-state index is -3.67. The van der Waals surface area contributed by atoms with Gasteiger partial charge in [0.25, 0.3) is 10.2 Å². The van der Waals surface area contributed by atoms with Crippen molar-refractivity contribution in [2.24, 2.45) is 0 Å². The van der Waals surface area contributed by atoms with Gasteiger partial charge >= 0.3 is 0 Å². The average molecular weight is 285 g/mol. The van der Waals surface area contributed by atoms with Crippen molar-refractivity contribution in [3.63, 3.8) is 0 Å². The summed E-state index contributed by atoms with van der Waals surface area (Å²) in [6, 6.07) is 0. The highest BCUT2D eigenvalue weighted by atomic mass is 35.5. The van der Waals surface area contributed by atoms with Gasteiger partial charge < -0.3 is 0 Å². The zero-order valence-corrected chi connectivity index (χ0v) is 10.7. The minimum Gasteiger partial charge on any atom is -0.253 e. The molecule has 0 aliphatic carbocycles. The molecule has 0 fully saturated rings. The van der Waals surface area contributed by atoms with E-state index in [4.69, 9.17) is 23.2 Å². The average Bonchev–Trinajstić information content (AvgIpc) is 2.22. The van der Waals surface area contributed by atoms with Gasteiger partial charge in [-0.3, -0.25) is 4.72 Å². The fourth-order valence-electron chi connectivity index (χ4n) is 0.819. The number of nitrogens with one attached hydrogen (secondary N) is 2. The lowest BCUT2D eigenvalue weighted by Gasteiger charge is -2.08. The molecule has 0 saturated heterocycles. The molecule has 16 heavy (non-hydrogen) atoms. The fourth-order valence-corrected chi connectivity index (χ4v) is 2.11. The predicted octanol–water partition coefficient (Wildman–Crippen LogP) is 1.44. The van der Waals surface area contributed by atoms with Crippen LogP contribution in [0.25, 0.3) is 0 Å². The first-order valence-electron chi connectivity index (χ1n) is 4.39. The molecule has 90 valence electrons. The Balaban J connectivity index is 2.84. The van der Waals surface area contributed by atoms with E-state index in [-0.39, 0.29) is 16.0 Å². The van der Waals surface area contributed by atoms with Crippen molar-refractivity contribution in [1.82, 2.24) is 14.7 Å². The monoisotopic (exact) mass is 284 g/mol. The van der Waals surface area contributed by atoms with E-state index in [9.17, 15) is 8.42 Å². The summed E-state index contributed by atoms with van der Waals surface area (Å²) in [5.41, 5.74) is 0. The van der Waals surface area contributed by atoms with Gasteiger partial charge in [0.15, 0.2) is 11.0 Å². The van der Waals surface area contributed by atoms with Crippen molar-refractivity contribution >= 4 is 39.2 Å². The number of aromatic nitrogens is 2. The first-order chi connectivity index (χ1) is 7.46. The van der Waals surface area contributed by atoms with Crippen molar-refractivity contribution < 1.29 is 8.42 Å². The first-order valence-corrected chi connectivity index (χ1v) is 6.63. The molecule has 0 saturated carbocycles. The zero-order valence-electron chi connectivity index (χ0n) is 8.37. The summed E-state index contributed by atoms with van der Waals surface area (Å²) in [5, 5.41) is -0.0455. The normalized spacial score (nSPS) is 11.4. The van der Waals surface area contributed by atoms with E-state index in [1.807, 2.05) is 6.92 Å². The molecule has 0 atom stereocenters. The quantitative estimate of drug-likeness (QED) is 0.802. The van der Waals surface area contributed by atoms with Gasteiger partial charge in [-0.2, -0.15) is 13.1 Å². The van der Waals surface area contributed by atoms with Crippen LogP contribution in [-0.4, -0.2) is 24.9 Å². The van der Waals surface area contributed by atoms with Crippen molar-refractivity contribution in [1.29, 1.82) is 0 Å². The molecular formula is C7H10Cl2N4O2S. The molecule has 1 rings (SSSR count). The van der Waals surface area contributed by atoms with Crippen LogP contribution in [0.2, 0.25) is 10.2 Å². The molecule has 0 spiro atoms. The Morgan fingerprint density at radius 1 is 1.38 bits per heavy atom. The summed E-state index contributed by atoms with van der Waals surface area (Å²) in [5.74, 6) is -0.0507. The summed E-state index contributed by atoms with van der Waals surface area (Å²) in [4.78, 5) is 7.27. The Bertz CT molecular complexity index is 465. The second kappa shape index (κ2) is 5.62. The van der Waals surface area contributed by atoms with Crippen molar-refractivity contribution in [3.8, 4) is 0 Å². The molecule has 1 heterocycles. The van der Waals surface area contributed by atoms with Gasteiger partial charge in [-0.1, -0.05) is 30.1 Å². The highest BCUT2D eigenvalue weighted by Gasteiger charge is 2.14. The van der Waals surface area contributed by atoms with E-state index in [1.165, 1.54) is 0 Å². The molecule has 0 radical (unpaired) electrons. The van der Waals surface area contributed by atoms with Gasteiger partial charge in [-0.15, -0.1) is 0 Å². The molecule has 9 heteroatoms. The molecule has 0 aliphatic rings. The molecule has 2 N–H and O–H groups in total. The summed E-state index contributed by atoms with van der Waals surface area (Å²) in [7, 11) is -3.67. The van der Waals surface area contributed by atoms with Crippen LogP contribution in [0.1, 0.15) is 13.3 Å². The van der Waals surface area contributed by atoms with Gasteiger partial charge in [0.1, 0.15) is 11.3 Å². The molecule has 6 nitrogen and oxygen atoms in total. The van der Waals surface area contributed by atoms with Crippen LogP contribution in [0.15, 0.2) is 6.33 Å². The second-order valence-corrected chi connectivity index (χ2v) is 5.06. The maximum absolute atomic E-state index is 11.4. The van der Waals surface area contributed by atoms with E-state index >= 15 is 0 Å². The predicted molar refractivity (Wildman–Crippen MR) is 62.9 cm³/mol. The Morgan fingerprint density at radius 3 is 2.69 bits per heavy atom. The molecule has 0 unspecified atom stereocenters. The highest BCUT2D eigenvalue weighted by molar-refractivity contribution is 7.90. The third-order valence-corrected chi connectivity index (χ3v) is 3.31. The lowest BCUT2D eigenvalue weighted by molar-refractivity contribution is 0.586. The SMILES string of the molecule is CCCNS(=O)(=O)Nc1ncnc(Cl)c1Cl. The topological polar surface area (TPSA) is 84.0 Å². The first kappa shape index (κ1) is 13.4. The lowest BCUT2D eigenvalue weighted by Crippen LogP contribution is -2.31. The van der Waals surface area contributed by atoms with Gasteiger partial charge in [0.05, 0.1) is 0 Å². The van der Waals surface area contributed by atoms with Crippen LogP contribution in [0.3, 0.4) is 0 Å². The Kier molecular flexibility index (Phi) is 4.72. The summed E-state index contributed by atoms with van der Waals surface area (Å²) in [6.45, 7) is 2.17. The maximum Gasteiger partial charge on any atom is 0.300 e. The number of anilines is 1. The highest BCUT2D eigenvalue weighted by Crippen LogP contribution is 2.25. The number of halogens is 2. The molecular weight excluding hydrogens is 275 g/mol. The Labute approximate surface area is 104 Å². The lowest BCUT2D eigenvalue weighted by atomic mass is 10.5. The van der Waals surface area contributed by atoms with Crippen molar-refractivity contribution in [3.05, 3.63) is 16.5 Å². The van der Waals surface area contributed by atoms with Gasteiger partial charge in [0, 0.05) is 6.54 Å². The van der Waals surface area contributed by atoms with Gasteiger partial charge in [-0.05, 0) is 6.42 Å². The van der Waals surface area contributed by atoms with Crippen LogP contribution in [0, 0.1) is 0 Å². The van der Waals surface area contributed by atoms with Crippen LogP contribution in [-0.2, 0) is 10.2 Å². The van der Waals surface area contributed by atoms with Crippen LogP contribution < -0.4 is 9.44 Å². The van der Waals surface area contributed by atoms with Crippen LogP contribution in [0.4, 0.5) is 5.82 Å². The smallest absolute Gasteiger partial charge is 0.253 e. The van der Waals surface area contributed by atoms with Crippen molar-refractivity contribution in [2.45, 2.75) is 13.3 Å². The zero-order chi connectivity index (χ0) is 12.2. The fraction of sp³-hybridized carbons (Fsp3) is 0.429. The summed E-state index contributed by atoms with van der Waals surface area (Å²) in [6.07, 6.45) is 1.80. The largest absolute Gasteiger partial charge is 0.300 e. The molecule has 0 aliphatic heterocycles. The standard InChI is InChI=1S/C7H10Cl2N4O2S/c1-2-3-12-16(14,15)13-7-5(8)6(9)10-4-11-7/h4,12H,2-3H2,1H3,(H,10,11,13). The minimum absolute atomic E-state index is 0.00939. The molecule has 1 aromatic rings. The number of rotatable bonds is 5. The van der Waals surface area contributed by atoms with E-state index < -0.39 is 10.2 Å². The van der Waals surface area contributed by atoms with Gasteiger partial charge in [0.2, 0.25) is 0 Å². The van der Waals surface area contributed by atoms with Crippen LogP contribution >= 0.6 is 23.2 Å². The molecule has 1 aromatic heterocycles. The maximum atomic E-state index is 11.4.